The minimum atomic E-state index is -4.68. The fourth-order valence-electron chi connectivity index (χ4n) is 2.41. The summed E-state index contributed by atoms with van der Waals surface area (Å²) in [5.74, 6) is -1.07. The molecular weight excluding hydrogens is 457 g/mol. The van der Waals surface area contributed by atoms with Gasteiger partial charge in [-0.2, -0.15) is 13.2 Å². The number of benzene rings is 2. The van der Waals surface area contributed by atoms with Crippen molar-refractivity contribution in [2.45, 2.75) is 31.8 Å². The lowest BCUT2D eigenvalue weighted by molar-refractivity contribution is -0.137. The second-order valence-corrected chi connectivity index (χ2v) is 8.01. The van der Waals surface area contributed by atoms with Gasteiger partial charge < -0.3 is 10.6 Å². The summed E-state index contributed by atoms with van der Waals surface area (Å²) < 4.78 is 40.9. The standard InChI is InChI=1S/C19H18BrF3N2O2S/c1-10-7-17(11(2)6-15(10)20)28-9-18(27)25-16-5-4-13(24-12(3)26)8-14(16)19(21,22)23/h4-8H,9H2,1-3H3,(H,24,26)(H,25,27). The summed E-state index contributed by atoms with van der Waals surface area (Å²) in [5, 5.41) is 4.61. The van der Waals surface area contributed by atoms with Crippen molar-refractivity contribution in [2.24, 2.45) is 0 Å². The van der Waals surface area contributed by atoms with Gasteiger partial charge in [-0.25, -0.2) is 0 Å². The molecule has 2 rings (SSSR count). The van der Waals surface area contributed by atoms with Crippen molar-refractivity contribution in [1.29, 1.82) is 0 Å². The van der Waals surface area contributed by atoms with E-state index in [4.69, 9.17) is 0 Å². The third kappa shape index (κ3) is 6.00. The number of hydrogen-bond acceptors (Lipinski definition) is 3. The summed E-state index contributed by atoms with van der Waals surface area (Å²) in [6.07, 6.45) is -4.68. The first-order chi connectivity index (χ1) is 13.0. The van der Waals surface area contributed by atoms with E-state index in [-0.39, 0.29) is 17.1 Å². The lowest BCUT2D eigenvalue weighted by Crippen LogP contribution is -2.18. The van der Waals surface area contributed by atoms with E-state index in [1.807, 2.05) is 26.0 Å². The number of anilines is 2. The second kappa shape index (κ2) is 9.00. The molecule has 28 heavy (non-hydrogen) atoms. The Balaban J connectivity index is 2.15. The third-order valence-electron chi connectivity index (χ3n) is 3.73. The molecule has 2 aromatic carbocycles. The van der Waals surface area contributed by atoms with E-state index in [9.17, 15) is 22.8 Å². The number of carbonyl (C=O) groups is 2. The van der Waals surface area contributed by atoms with Gasteiger partial charge in [-0.15, -0.1) is 11.8 Å². The Bertz CT molecular complexity index is 917. The summed E-state index contributed by atoms with van der Waals surface area (Å²) in [6, 6.07) is 7.08. The highest BCUT2D eigenvalue weighted by molar-refractivity contribution is 9.10. The largest absolute Gasteiger partial charge is 0.418 e. The number of aryl methyl sites for hydroxylation is 2. The fourth-order valence-corrected chi connectivity index (χ4v) is 3.77. The molecule has 150 valence electrons. The van der Waals surface area contributed by atoms with Gasteiger partial charge in [0.1, 0.15) is 0 Å². The van der Waals surface area contributed by atoms with Crippen LogP contribution in [-0.2, 0) is 15.8 Å². The summed E-state index contributed by atoms with van der Waals surface area (Å²) in [4.78, 5) is 24.2. The predicted molar refractivity (Wildman–Crippen MR) is 109 cm³/mol. The minimum Gasteiger partial charge on any atom is -0.326 e. The molecule has 0 fully saturated rings. The minimum absolute atomic E-state index is 0.00756. The molecule has 0 aromatic heterocycles. The van der Waals surface area contributed by atoms with Crippen LogP contribution in [0.1, 0.15) is 23.6 Å². The second-order valence-electron chi connectivity index (χ2n) is 6.14. The zero-order chi connectivity index (χ0) is 21.1. The average Bonchev–Trinajstić information content (AvgIpc) is 2.57. The number of carbonyl (C=O) groups excluding carboxylic acids is 2. The van der Waals surface area contributed by atoms with E-state index in [0.717, 1.165) is 32.6 Å². The lowest BCUT2D eigenvalue weighted by Gasteiger charge is -2.16. The highest BCUT2D eigenvalue weighted by Gasteiger charge is 2.34. The molecule has 0 saturated heterocycles. The Morgan fingerprint density at radius 1 is 1.07 bits per heavy atom. The molecule has 0 radical (unpaired) electrons. The molecule has 4 nitrogen and oxygen atoms in total. The van der Waals surface area contributed by atoms with E-state index >= 15 is 0 Å². The molecule has 2 N–H and O–H groups in total. The maximum Gasteiger partial charge on any atom is 0.418 e. The van der Waals surface area contributed by atoms with Crippen molar-refractivity contribution in [1.82, 2.24) is 0 Å². The van der Waals surface area contributed by atoms with Crippen LogP contribution in [0.5, 0.6) is 0 Å². The van der Waals surface area contributed by atoms with Crippen LogP contribution >= 0.6 is 27.7 Å². The van der Waals surface area contributed by atoms with Crippen LogP contribution in [0.4, 0.5) is 24.5 Å². The van der Waals surface area contributed by atoms with Gasteiger partial charge in [0.2, 0.25) is 11.8 Å². The summed E-state index contributed by atoms with van der Waals surface area (Å²) in [5.41, 5.74) is 0.601. The maximum absolute atomic E-state index is 13.3. The molecule has 2 aromatic rings. The smallest absolute Gasteiger partial charge is 0.326 e. The van der Waals surface area contributed by atoms with Crippen molar-refractivity contribution < 1.29 is 22.8 Å². The molecule has 0 aliphatic rings. The lowest BCUT2D eigenvalue weighted by atomic mass is 10.1. The molecule has 0 saturated carbocycles. The Morgan fingerprint density at radius 3 is 2.36 bits per heavy atom. The highest BCUT2D eigenvalue weighted by Crippen LogP contribution is 2.37. The van der Waals surface area contributed by atoms with Gasteiger partial charge in [-0.3, -0.25) is 9.59 Å². The van der Waals surface area contributed by atoms with Crippen molar-refractivity contribution in [3.63, 3.8) is 0 Å². The first-order valence-corrected chi connectivity index (χ1v) is 9.93. The van der Waals surface area contributed by atoms with Crippen molar-refractivity contribution in [3.05, 3.63) is 51.5 Å². The zero-order valence-electron chi connectivity index (χ0n) is 15.3. The number of amides is 2. The Hall–Kier alpha value is -2.00. The van der Waals surface area contributed by atoms with Crippen molar-refractivity contribution >= 4 is 50.9 Å². The molecule has 0 spiro atoms. The average molecular weight is 475 g/mol. The molecule has 0 heterocycles. The molecule has 0 aliphatic carbocycles. The molecule has 9 heteroatoms. The molecule has 0 bridgehead atoms. The molecule has 0 aliphatic heterocycles. The van der Waals surface area contributed by atoms with Crippen LogP contribution in [0.3, 0.4) is 0 Å². The number of hydrogen-bond donors (Lipinski definition) is 2. The van der Waals surface area contributed by atoms with E-state index < -0.39 is 23.6 Å². The molecule has 0 atom stereocenters. The third-order valence-corrected chi connectivity index (χ3v) is 5.75. The monoisotopic (exact) mass is 474 g/mol. The topological polar surface area (TPSA) is 58.2 Å². The van der Waals surface area contributed by atoms with Crippen LogP contribution in [0.25, 0.3) is 0 Å². The van der Waals surface area contributed by atoms with Gasteiger partial charge in [0.05, 0.1) is 17.0 Å². The zero-order valence-corrected chi connectivity index (χ0v) is 17.7. The quantitative estimate of drug-likeness (QED) is 0.540. The van der Waals surface area contributed by atoms with Crippen LogP contribution in [0.15, 0.2) is 39.7 Å². The van der Waals surface area contributed by atoms with Gasteiger partial charge in [-0.1, -0.05) is 15.9 Å². The van der Waals surface area contributed by atoms with Gasteiger partial charge in [0.25, 0.3) is 0 Å². The van der Waals surface area contributed by atoms with E-state index in [2.05, 4.69) is 26.6 Å². The van der Waals surface area contributed by atoms with Crippen molar-refractivity contribution in [2.75, 3.05) is 16.4 Å². The van der Waals surface area contributed by atoms with Gasteiger partial charge in [0, 0.05) is 22.0 Å². The highest BCUT2D eigenvalue weighted by atomic mass is 79.9. The molecule has 0 unspecified atom stereocenters. The molecular formula is C19H18BrF3N2O2S. The van der Waals surface area contributed by atoms with Gasteiger partial charge in [0.15, 0.2) is 0 Å². The first-order valence-electron chi connectivity index (χ1n) is 8.15. The number of alkyl halides is 3. The summed E-state index contributed by atoms with van der Waals surface area (Å²) >= 11 is 4.68. The maximum atomic E-state index is 13.3. The predicted octanol–water partition coefficient (Wildman–Crippen LogP) is 5.77. The van der Waals surface area contributed by atoms with Crippen LogP contribution < -0.4 is 10.6 Å². The van der Waals surface area contributed by atoms with E-state index in [0.29, 0.717) is 0 Å². The number of thioether (sulfide) groups is 1. The Morgan fingerprint density at radius 2 is 1.75 bits per heavy atom. The Labute approximate surface area is 173 Å². The normalized spacial score (nSPS) is 11.2. The fraction of sp³-hybridized carbons (Fsp3) is 0.263. The summed E-state index contributed by atoms with van der Waals surface area (Å²) in [6.45, 7) is 5.01. The summed E-state index contributed by atoms with van der Waals surface area (Å²) in [7, 11) is 0. The van der Waals surface area contributed by atoms with Crippen LogP contribution in [0, 0.1) is 13.8 Å². The number of nitrogens with one attached hydrogen (secondary N) is 2. The van der Waals surface area contributed by atoms with E-state index in [1.54, 1.807) is 0 Å². The van der Waals surface area contributed by atoms with E-state index in [1.165, 1.54) is 24.8 Å². The number of halogens is 4. The number of rotatable bonds is 5. The van der Waals surface area contributed by atoms with Crippen LogP contribution in [0.2, 0.25) is 0 Å². The van der Waals surface area contributed by atoms with Gasteiger partial charge in [-0.05, 0) is 55.3 Å². The Kier molecular flexibility index (Phi) is 7.16. The van der Waals surface area contributed by atoms with Crippen molar-refractivity contribution in [3.8, 4) is 0 Å². The first kappa shape index (κ1) is 22.3. The van der Waals surface area contributed by atoms with Crippen LogP contribution in [-0.4, -0.2) is 17.6 Å². The SMILES string of the molecule is CC(=O)Nc1ccc(NC(=O)CSc2cc(C)c(Br)cc2C)c(C(F)(F)F)c1. The van der Waals surface area contributed by atoms with Gasteiger partial charge >= 0.3 is 6.18 Å². The molecule has 2 amide bonds.